The second-order valence-corrected chi connectivity index (χ2v) is 6.71. The number of likely N-dealkylation sites (tertiary alicyclic amines) is 1. The van der Waals surface area contributed by atoms with E-state index < -0.39 is 0 Å². The maximum absolute atomic E-state index is 12.5. The molecular weight excluding hydrogens is 340 g/mol. The fourth-order valence-electron chi connectivity index (χ4n) is 3.31. The zero-order valence-corrected chi connectivity index (χ0v) is 15.5. The smallest absolute Gasteiger partial charge is 0.243 e. The Morgan fingerprint density at radius 2 is 1.74 bits per heavy atom. The Labute approximate surface area is 160 Å². The molecule has 2 amide bonds. The molecule has 1 heterocycles. The standard InChI is InChI=1S/C22H26N2O3/c25-21(14-8-16-27-19-11-5-2-6-12-19)24-15-7-13-20(24)22(26)23-17-18-9-3-1-4-10-18/h1-6,9-12,20H,7-8,13-17H2,(H,23,26)/t20-/m0/s1. The molecule has 0 saturated carbocycles. The number of hydrogen-bond donors (Lipinski definition) is 1. The van der Waals surface area contributed by atoms with Crippen molar-refractivity contribution >= 4 is 11.8 Å². The van der Waals surface area contributed by atoms with Crippen molar-refractivity contribution in [1.82, 2.24) is 10.2 Å². The lowest BCUT2D eigenvalue weighted by atomic mass is 10.1. The highest BCUT2D eigenvalue weighted by Crippen LogP contribution is 2.19. The molecule has 3 rings (SSSR count). The highest BCUT2D eigenvalue weighted by atomic mass is 16.5. The number of amides is 2. The molecular formula is C22H26N2O3. The number of nitrogens with zero attached hydrogens (tertiary/aromatic N) is 1. The van der Waals surface area contributed by atoms with Crippen molar-refractivity contribution in [3.8, 4) is 5.75 Å². The van der Waals surface area contributed by atoms with Gasteiger partial charge in [-0.1, -0.05) is 48.5 Å². The summed E-state index contributed by atoms with van der Waals surface area (Å²) < 4.78 is 5.63. The summed E-state index contributed by atoms with van der Waals surface area (Å²) in [5, 5.41) is 2.96. The van der Waals surface area contributed by atoms with Crippen molar-refractivity contribution in [2.24, 2.45) is 0 Å². The van der Waals surface area contributed by atoms with Crippen LogP contribution >= 0.6 is 0 Å². The first-order chi connectivity index (χ1) is 13.2. The molecule has 0 radical (unpaired) electrons. The second-order valence-electron chi connectivity index (χ2n) is 6.71. The van der Waals surface area contributed by atoms with Crippen LogP contribution in [-0.2, 0) is 16.1 Å². The van der Waals surface area contributed by atoms with Gasteiger partial charge >= 0.3 is 0 Å². The molecule has 1 atom stereocenters. The SMILES string of the molecule is O=C(NCc1ccccc1)[C@@H]1CCCN1C(=O)CCCOc1ccccc1. The Hall–Kier alpha value is -2.82. The van der Waals surface area contributed by atoms with Crippen molar-refractivity contribution in [2.75, 3.05) is 13.2 Å². The first-order valence-electron chi connectivity index (χ1n) is 9.53. The normalized spacial score (nSPS) is 16.1. The Balaban J connectivity index is 1.42. The Kier molecular flexibility index (Phi) is 6.85. The Bertz CT molecular complexity index is 734. The molecule has 0 spiro atoms. The summed E-state index contributed by atoms with van der Waals surface area (Å²) in [6.45, 7) is 1.64. The summed E-state index contributed by atoms with van der Waals surface area (Å²) in [6, 6.07) is 19.0. The van der Waals surface area contributed by atoms with E-state index in [0.717, 1.165) is 24.2 Å². The fraction of sp³-hybridized carbons (Fsp3) is 0.364. The van der Waals surface area contributed by atoms with Gasteiger partial charge in [-0.2, -0.15) is 0 Å². The number of hydrogen-bond acceptors (Lipinski definition) is 3. The molecule has 1 saturated heterocycles. The van der Waals surface area contributed by atoms with Crippen molar-refractivity contribution in [3.05, 3.63) is 66.2 Å². The zero-order chi connectivity index (χ0) is 18.9. The van der Waals surface area contributed by atoms with E-state index in [9.17, 15) is 9.59 Å². The lowest BCUT2D eigenvalue weighted by molar-refractivity contribution is -0.138. The maximum Gasteiger partial charge on any atom is 0.243 e. The van der Waals surface area contributed by atoms with E-state index in [-0.39, 0.29) is 17.9 Å². The predicted molar refractivity (Wildman–Crippen MR) is 104 cm³/mol. The number of rotatable bonds is 8. The summed E-state index contributed by atoms with van der Waals surface area (Å²) in [4.78, 5) is 26.8. The van der Waals surface area contributed by atoms with Crippen LogP contribution in [0.2, 0.25) is 0 Å². The average molecular weight is 366 g/mol. The number of carbonyl (C=O) groups is 2. The van der Waals surface area contributed by atoms with E-state index in [1.807, 2.05) is 60.7 Å². The van der Waals surface area contributed by atoms with Crippen LogP contribution in [0.3, 0.4) is 0 Å². The zero-order valence-electron chi connectivity index (χ0n) is 15.5. The van der Waals surface area contributed by atoms with Gasteiger partial charge in [-0.25, -0.2) is 0 Å². The summed E-state index contributed by atoms with van der Waals surface area (Å²) in [7, 11) is 0. The van der Waals surface area contributed by atoms with Crippen LogP contribution in [0.1, 0.15) is 31.2 Å². The van der Waals surface area contributed by atoms with E-state index in [2.05, 4.69) is 5.32 Å². The fourth-order valence-corrected chi connectivity index (χ4v) is 3.31. The Morgan fingerprint density at radius 1 is 1.04 bits per heavy atom. The number of ether oxygens (including phenoxy) is 1. The van der Waals surface area contributed by atoms with Gasteiger partial charge in [0.25, 0.3) is 0 Å². The van der Waals surface area contributed by atoms with Crippen LogP contribution in [-0.4, -0.2) is 35.9 Å². The van der Waals surface area contributed by atoms with Crippen LogP contribution in [0.5, 0.6) is 5.75 Å². The predicted octanol–water partition coefficient (Wildman–Crippen LogP) is 3.15. The summed E-state index contributed by atoms with van der Waals surface area (Å²) in [6.07, 6.45) is 2.64. The molecule has 27 heavy (non-hydrogen) atoms. The van der Waals surface area contributed by atoms with Gasteiger partial charge in [-0.05, 0) is 37.0 Å². The van der Waals surface area contributed by atoms with Crippen molar-refractivity contribution in [1.29, 1.82) is 0 Å². The van der Waals surface area contributed by atoms with Gasteiger partial charge in [0.1, 0.15) is 11.8 Å². The van der Waals surface area contributed by atoms with Crippen LogP contribution in [0.25, 0.3) is 0 Å². The second kappa shape index (κ2) is 9.76. The van der Waals surface area contributed by atoms with Gasteiger partial charge < -0.3 is 15.0 Å². The van der Waals surface area contributed by atoms with Gasteiger partial charge in [-0.3, -0.25) is 9.59 Å². The average Bonchev–Trinajstić information content (AvgIpc) is 3.21. The van der Waals surface area contributed by atoms with E-state index >= 15 is 0 Å². The minimum atomic E-state index is -0.351. The third-order valence-corrected chi connectivity index (χ3v) is 4.73. The van der Waals surface area contributed by atoms with Crippen molar-refractivity contribution in [2.45, 2.75) is 38.3 Å². The first-order valence-corrected chi connectivity index (χ1v) is 9.53. The molecule has 2 aromatic carbocycles. The largest absolute Gasteiger partial charge is 0.494 e. The monoisotopic (exact) mass is 366 g/mol. The lowest BCUT2D eigenvalue weighted by Gasteiger charge is -2.24. The highest BCUT2D eigenvalue weighted by Gasteiger charge is 2.33. The quantitative estimate of drug-likeness (QED) is 0.730. The topological polar surface area (TPSA) is 58.6 Å². The molecule has 1 fully saturated rings. The van der Waals surface area contributed by atoms with E-state index in [1.54, 1.807) is 4.90 Å². The minimum Gasteiger partial charge on any atom is -0.494 e. The Morgan fingerprint density at radius 3 is 2.48 bits per heavy atom. The van der Waals surface area contributed by atoms with E-state index in [4.69, 9.17) is 4.74 Å². The highest BCUT2D eigenvalue weighted by molar-refractivity contribution is 5.88. The molecule has 0 unspecified atom stereocenters. The van der Waals surface area contributed by atoms with Gasteiger partial charge in [0.15, 0.2) is 0 Å². The summed E-state index contributed by atoms with van der Waals surface area (Å²) in [5.41, 5.74) is 1.06. The molecule has 1 aliphatic rings. The summed E-state index contributed by atoms with van der Waals surface area (Å²) >= 11 is 0. The molecule has 1 N–H and O–H groups in total. The van der Waals surface area contributed by atoms with Crippen LogP contribution in [0.4, 0.5) is 0 Å². The first kappa shape index (κ1) is 19.0. The molecule has 1 aliphatic heterocycles. The van der Waals surface area contributed by atoms with Gasteiger partial charge in [0.05, 0.1) is 6.61 Å². The van der Waals surface area contributed by atoms with Crippen LogP contribution in [0.15, 0.2) is 60.7 Å². The third kappa shape index (κ3) is 5.58. The van der Waals surface area contributed by atoms with Crippen LogP contribution < -0.4 is 10.1 Å². The third-order valence-electron chi connectivity index (χ3n) is 4.73. The number of benzene rings is 2. The number of carbonyl (C=O) groups excluding carboxylic acids is 2. The molecule has 0 aliphatic carbocycles. The number of para-hydroxylation sites is 1. The maximum atomic E-state index is 12.5. The van der Waals surface area contributed by atoms with Crippen LogP contribution in [0, 0.1) is 0 Å². The molecule has 5 nitrogen and oxygen atoms in total. The molecule has 5 heteroatoms. The number of nitrogens with one attached hydrogen (secondary N) is 1. The molecule has 142 valence electrons. The van der Waals surface area contributed by atoms with Crippen molar-refractivity contribution < 1.29 is 14.3 Å². The van der Waals surface area contributed by atoms with E-state index in [0.29, 0.717) is 32.5 Å². The minimum absolute atomic E-state index is 0.0315. The summed E-state index contributed by atoms with van der Waals surface area (Å²) in [5.74, 6) is 0.776. The van der Waals surface area contributed by atoms with Gasteiger partial charge in [0.2, 0.25) is 11.8 Å². The van der Waals surface area contributed by atoms with Crippen molar-refractivity contribution in [3.63, 3.8) is 0 Å². The molecule has 2 aromatic rings. The van der Waals surface area contributed by atoms with Gasteiger partial charge in [-0.15, -0.1) is 0 Å². The van der Waals surface area contributed by atoms with Gasteiger partial charge in [0, 0.05) is 19.5 Å². The molecule has 0 bridgehead atoms. The molecule has 0 aromatic heterocycles. The van der Waals surface area contributed by atoms with E-state index in [1.165, 1.54) is 0 Å². The lowest BCUT2D eigenvalue weighted by Crippen LogP contribution is -2.45.